The Balaban J connectivity index is 0.00000205. The van der Waals surface area contributed by atoms with E-state index in [1.54, 1.807) is 18.2 Å². The van der Waals surface area contributed by atoms with Crippen LogP contribution in [0.3, 0.4) is 0 Å². The number of rotatable bonds is 1. The van der Waals surface area contributed by atoms with Crippen LogP contribution in [-0.4, -0.2) is 27.3 Å². The van der Waals surface area contributed by atoms with Crippen molar-refractivity contribution in [3.05, 3.63) is 82.4 Å². The molecule has 0 saturated heterocycles. The topological polar surface area (TPSA) is 113 Å². The van der Waals surface area contributed by atoms with Crippen molar-refractivity contribution >= 4 is 11.9 Å². The molecule has 3 N–H and O–H groups in total. The summed E-state index contributed by atoms with van der Waals surface area (Å²) in [6.45, 7) is 0. The molecule has 0 saturated carbocycles. The summed E-state index contributed by atoms with van der Waals surface area (Å²) >= 11 is 0. The van der Waals surface area contributed by atoms with Gasteiger partial charge < -0.3 is 24.8 Å². The van der Waals surface area contributed by atoms with E-state index in [0.29, 0.717) is 16.7 Å². The number of hydrogen-bond donors (Lipinski definition) is 3. The fraction of sp³-hybridized carbons (Fsp3) is 0.0476. The summed E-state index contributed by atoms with van der Waals surface area (Å²) in [5.74, 6) is -1.37. The first kappa shape index (κ1) is 19.6. The van der Waals surface area contributed by atoms with Crippen LogP contribution in [0.1, 0.15) is 37.4 Å². The van der Waals surface area contributed by atoms with Crippen LogP contribution in [-0.2, 0) is 10.3 Å². The summed E-state index contributed by atoms with van der Waals surface area (Å²) < 4.78 is 11.7. The van der Waals surface area contributed by atoms with E-state index < -0.39 is 17.5 Å². The van der Waals surface area contributed by atoms with Gasteiger partial charge in [-0.15, -0.1) is 0 Å². The van der Waals surface area contributed by atoms with Crippen molar-refractivity contribution in [2.45, 2.75) is 5.60 Å². The molecule has 2 aliphatic heterocycles. The average Bonchev–Trinajstić information content (AvgIpc) is 2.94. The van der Waals surface area contributed by atoms with Crippen molar-refractivity contribution in [2.24, 2.45) is 0 Å². The predicted molar refractivity (Wildman–Crippen MR) is 95.0 cm³/mol. The number of hydrogen-bond acceptors (Lipinski definition) is 6. The first-order chi connectivity index (χ1) is 13.4. The smallest absolute Gasteiger partial charge is 0.340 e. The molecule has 8 heteroatoms. The molecule has 5 rings (SSSR count). The van der Waals surface area contributed by atoms with Gasteiger partial charge in [-0.25, -0.2) is 9.59 Å². The Morgan fingerprint density at radius 3 is 1.93 bits per heavy atom. The van der Waals surface area contributed by atoms with Crippen molar-refractivity contribution in [3.63, 3.8) is 0 Å². The summed E-state index contributed by atoms with van der Waals surface area (Å²) in [6, 6.07) is 13.1. The SMILES string of the molecule is O=C(O)c1ccc2c(c1)C(=O)OC21c2ccc(O)cc2Oc2cc(O)ccc21.[Tb]. The number of benzene rings is 3. The number of phenolic OH excluding ortho intramolecular Hbond substituents is 2. The second-order valence-corrected chi connectivity index (χ2v) is 6.60. The first-order valence-electron chi connectivity index (χ1n) is 8.36. The van der Waals surface area contributed by atoms with Crippen molar-refractivity contribution in [1.29, 1.82) is 0 Å². The van der Waals surface area contributed by atoms with Crippen LogP contribution in [0.15, 0.2) is 54.6 Å². The molecule has 3 aromatic rings. The Labute approximate surface area is 194 Å². The number of phenols is 2. The quantitative estimate of drug-likeness (QED) is 0.410. The maximum absolute atomic E-state index is 12.7. The third-order valence-electron chi connectivity index (χ3n) is 5.02. The monoisotopic (exact) mass is 535 g/mol. The van der Waals surface area contributed by atoms with Gasteiger partial charge in [0, 0.05) is 67.4 Å². The molecule has 2 heterocycles. The number of aromatic hydroxyl groups is 2. The maximum atomic E-state index is 12.7. The van der Waals surface area contributed by atoms with Crippen LogP contribution in [0.25, 0.3) is 0 Å². The van der Waals surface area contributed by atoms with Gasteiger partial charge in [-0.2, -0.15) is 0 Å². The molecule has 0 aliphatic carbocycles. The Morgan fingerprint density at radius 2 is 1.38 bits per heavy atom. The summed E-state index contributed by atoms with van der Waals surface area (Å²) in [7, 11) is 0. The molecule has 1 radical (unpaired) electrons. The number of fused-ring (bicyclic) bond motifs is 6. The molecular weight excluding hydrogens is 523 g/mol. The van der Waals surface area contributed by atoms with Crippen LogP contribution in [0.5, 0.6) is 23.0 Å². The minimum atomic E-state index is -1.38. The number of carboxylic acids is 1. The largest absolute Gasteiger partial charge is 0.508 e. The van der Waals surface area contributed by atoms with Crippen molar-refractivity contribution in [1.82, 2.24) is 0 Å². The number of aromatic carboxylic acids is 1. The number of ether oxygens (including phenoxy) is 2. The molecular formula is C21H12O7Tb. The fourth-order valence-corrected chi connectivity index (χ4v) is 3.84. The van der Waals surface area contributed by atoms with Gasteiger partial charge in [0.1, 0.15) is 23.0 Å². The van der Waals surface area contributed by atoms with Crippen LogP contribution in [0.2, 0.25) is 0 Å². The zero-order valence-electron chi connectivity index (χ0n) is 14.5. The Kier molecular flexibility index (Phi) is 4.51. The number of carbonyl (C=O) groups excluding carboxylic acids is 1. The van der Waals surface area contributed by atoms with Crippen LogP contribution < -0.4 is 4.74 Å². The van der Waals surface area contributed by atoms with Gasteiger partial charge in [0.15, 0.2) is 5.60 Å². The third-order valence-corrected chi connectivity index (χ3v) is 5.02. The number of carbonyl (C=O) groups is 2. The standard InChI is InChI=1S/C21H12O7.Tb/c22-11-2-5-15-17(8-11)27-18-9-12(23)3-6-16(18)21(15)14-4-1-10(19(24)25)7-13(14)20(26)28-21;/h1-9,22-23H,(H,24,25);. The minimum Gasteiger partial charge on any atom is -0.508 e. The summed E-state index contributed by atoms with van der Waals surface area (Å²) in [6.07, 6.45) is 0. The van der Waals surface area contributed by atoms with E-state index in [-0.39, 0.29) is 72.7 Å². The Bertz CT molecular complexity index is 1150. The molecule has 0 fully saturated rings. The van der Waals surface area contributed by atoms with Gasteiger partial charge in [-0.3, -0.25) is 0 Å². The van der Waals surface area contributed by atoms with Crippen LogP contribution in [0, 0.1) is 38.6 Å². The van der Waals surface area contributed by atoms with E-state index in [9.17, 15) is 24.9 Å². The first-order valence-corrected chi connectivity index (χ1v) is 8.36. The van der Waals surface area contributed by atoms with Gasteiger partial charge in [0.05, 0.1) is 11.1 Å². The molecule has 0 aromatic heterocycles. The fourth-order valence-electron chi connectivity index (χ4n) is 3.84. The molecule has 147 valence electrons. The van der Waals surface area contributed by atoms with Gasteiger partial charge in [0.25, 0.3) is 0 Å². The second kappa shape index (κ2) is 6.67. The van der Waals surface area contributed by atoms with E-state index in [2.05, 4.69) is 0 Å². The van der Waals surface area contributed by atoms with E-state index in [0.717, 1.165) is 0 Å². The van der Waals surface area contributed by atoms with E-state index >= 15 is 0 Å². The summed E-state index contributed by atoms with van der Waals surface area (Å²) in [5.41, 5.74) is 0.159. The van der Waals surface area contributed by atoms with E-state index in [1.807, 2.05) is 0 Å². The van der Waals surface area contributed by atoms with Gasteiger partial charge in [-0.05, 0) is 36.4 Å². The number of carboxylic acid groups (broad SMARTS) is 1. The van der Waals surface area contributed by atoms with Gasteiger partial charge in [-0.1, -0.05) is 6.07 Å². The molecule has 3 aromatic carbocycles. The van der Waals surface area contributed by atoms with E-state index in [4.69, 9.17) is 9.47 Å². The third kappa shape index (κ3) is 2.70. The Hall–Kier alpha value is -2.71. The van der Waals surface area contributed by atoms with Crippen LogP contribution in [0.4, 0.5) is 0 Å². The molecule has 0 unspecified atom stereocenters. The molecule has 7 nitrogen and oxygen atoms in total. The molecule has 1 spiro atoms. The maximum Gasteiger partial charge on any atom is 0.340 e. The van der Waals surface area contributed by atoms with Crippen molar-refractivity contribution in [3.8, 4) is 23.0 Å². The average molecular weight is 535 g/mol. The summed E-state index contributed by atoms with van der Waals surface area (Å²) in [4.78, 5) is 24.0. The summed E-state index contributed by atoms with van der Waals surface area (Å²) in [5, 5.41) is 29.0. The van der Waals surface area contributed by atoms with Crippen molar-refractivity contribution < 1.29 is 73.0 Å². The van der Waals surface area contributed by atoms with E-state index in [1.165, 1.54) is 36.4 Å². The normalized spacial score (nSPS) is 14.7. The zero-order valence-corrected chi connectivity index (χ0v) is 16.6. The van der Waals surface area contributed by atoms with Gasteiger partial charge in [0.2, 0.25) is 0 Å². The molecule has 0 bridgehead atoms. The molecule has 0 atom stereocenters. The van der Waals surface area contributed by atoms with Gasteiger partial charge >= 0.3 is 11.9 Å². The molecule has 2 aliphatic rings. The molecule has 0 amide bonds. The molecule has 29 heavy (non-hydrogen) atoms. The minimum absolute atomic E-state index is 0. The predicted octanol–water partition coefficient (Wildman–Crippen LogP) is 3.36. The van der Waals surface area contributed by atoms with Crippen molar-refractivity contribution in [2.75, 3.05) is 0 Å². The zero-order chi connectivity index (χ0) is 19.6. The number of esters is 1. The Morgan fingerprint density at radius 1 is 0.828 bits per heavy atom. The second-order valence-electron chi connectivity index (χ2n) is 6.60. The van der Waals surface area contributed by atoms with Crippen LogP contribution >= 0.6 is 0 Å².